The lowest BCUT2D eigenvalue weighted by atomic mass is 9.53. The van der Waals surface area contributed by atoms with Gasteiger partial charge >= 0.3 is 12.1 Å². The average Bonchev–Trinajstić information content (AvgIpc) is 3.25. The van der Waals surface area contributed by atoms with Crippen molar-refractivity contribution >= 4 is 14.3 Å². The van der Waals surface area contributed by atoms with Gasteiger partial charge in [0.15, 0.2) is 8.32 Å². The van der Waals surface area contributed by atoms with Crippen LogP contribution >= 0.6 is 0 Å². The van der Waals surface area contributed by atoms with Crippen LogP contribution in [0, 0.1) is 5.41 Å². The lowest BCUT2D eigenvalue weighted by Gasteiger charge is -2.55. The lowest BCUT2D eigenvalue weighted by Crippen LogP contribution is -2.48. The molecular weight excluding hydrogens is 611 g/mol. The van der Waals surface area contributed by atoms with E-state index in [9.17, 15) is 23.1 Å². The highest BCUT2D eigenvalue weighted by molar-refractivity contribution is 6.74. The Kier molecular flexibility index (Phi) is 8.34. The minimum Gasteiger partial charge on any atom is -0.481 e. The summed E-state index contributed by atoms with van der Waals surface area (Å²) in [6.45, 7) is 16.3. The topological polar surface area (TPSA) is 77.9 Å². The van der Waals surface area contributed by atoms with Crippen molar-refractivity contribution in [2.75, 3.05) is 13.2 Å². The summed E-state index contributed by atoms with van der Waals surface area (Å²) in [5.74, 6) is -1.11. The molecule has 0 bridgehead atoms. The van der Waals surface area contributed by atoms with Gasteiger partial charge in [-0.15, -0.1) is 0 Å². The third kappa shape index (κ3) is 5.54. The Morgan fingerprint density at radius 1 is 1.07 bits per heavy atom. The van der Waals surface area contributed by atoms with Gasteiger partial charge in [-0.2, -0.15) is 13.2 Å². The molecule has 1 aromatic carbocycles. The summed E-state index contributed by atoms with van der Waals surface area (Å²) in [7, 11) is -2.32. The van der Waals surface area contributed by atoms with Crippen LogP contribution < -0.4 is 0 Å². The molecule has 3 heterocycles. The van der Waals surface area contributed by atoms with Crippen molar-refractivity contribution in [3.05, 3.63) is 63.5 Å². The van der Waals surface area contributed by atoms with E-state index in [0.29, 0.717) is 31.6 Å². The molecule has 2 aliphatic carbocycles. The van der Waals surface area contributed by atoms with Crippen molar-refractivity contribution < 1.29 is 37.0 Å². The Hall–Kier alpha value is -2.27. The van der Waals surface area contributed by atoms with Crippen LogP contribution in [-0.2, 0) is 30.5 Å². The highest BCUT2D eigenvalue weighted by Gasteiger charge is 2.58. The molecule has 1 N–H and O–H groups in total. The Bertz CT molecular complexity index is 1490. The van der Waals surface area contributed by atoms with Gasteiger partial charge < -0.3 is 19.0 Å². The van der Waals surface area contributed by atoms with Gasteiger partial charge in [-0.25, -0.2) is 0 Å². The molecular formula is C36H48F3NO5Si. The van der Waals surface area contributed by atoms with Gasteiger partial charge in [-0.3, -0.25) is 9.78 Å². The van der Waals surface area contributed by atoms with Crippen molar-refractivity contribution in [3.8, 4) is 0 Å². The maximum atomic E-state index is 13.6. The summed E-state index contributed by atoms with van der Waals surface area (Å²) >= 11 is 0. The van der Waals surface area contributed by atoms with Crippen LogP contribution in [0.1, 0.15) is 143 Å². The number of aromatic nitrogens is 1. The third-order valence-electron chi connectivity index (χ3n) is 11.7. The van der Waals surface area contributed by atoms with Crippen molar-refractivity contribution in [3.63, 3.8) is 0 Å². The number of carboxylic acids is 1. The lowest BCUT2D eigenvalue weighted by molar-refractivity contribution is -0.140. The number of hydrogen-bond acceptors (Lipinski definition) is 5. The second kappa shape index (κ2) is 11.4. The predicted molar refractivity (Wildman–Crippen MR) is 171 cm³/mol. The normalized spacial score (nSPS) is 25.4. The molecule has 6 rings (SSSR count). The Morgan fingerprint density at radius 3 is 2.20 bits per heavy atom. The average molecular weight is 660 g/mol. The van der Waals surface area contributed by atoms with E-state index in [-0.39, 0.29) is 34.8 Å². The summed E-state index contributed by atoms with van der Waals surface area (Å²) in [5.41, 5.74) is 3.60. The van der Waals surface area contributed by atoms with E-state index in [1.165, 1.54) is 12.1 Å². The number of carboxylic acid groups (broad SMARTS) is 1. The van der Waals surface area contributed by atoms with Crippen LogP contribution in [0.4, 0.5) is 13.2 Å². The fourth-order valence-electron chi connectivity index (χ4n) is 8.14. The molecule has 252 valence electrons. The number of rotatable bonds is 6. The maximum Gasteiger partial charge on any atom is 0.416 e. The number of carbonyl (C=O) groups is 1. The first kappa shape index (κ1) is 33.6. The van der Waals surface area contributed by atoms with Crippen molar-refractivity contribution in [1.29, 1.82) is 0 Å². The van der Waals surface area contributed by atoms with Crippen LogP contribution in [0.5, 0.6) is 0 Å². The number of fused-ring (bicyclic) bond motifs is 4. The van der Waals surface area contributed by atoms with Crippen molar-refractivity contribution in [2.45, 2.75) is 134 Å². The van der Waals surface area contributed by atoms with Gasteiger partial charge in [0.05, 0.1) is 29.4 Å². The number of benzene rings is 1. The molecule has 6 nitrogen and oxygen atoms in total. The van der Waals surface area contributed by atoms with Gasteiger partial charge in [0.2, 0.25) is 0 Å². The molecule has 1 saturated heterocycles. The fourth-order valence-corrected chi connectivity index (χ4v) is 9.41. The van der Waals surface area contributed by atoms with Gasteiger partial charge in [0.1, 0.15) is 6.10 Å². The Morgan fingerprint density at radius 2 is 1.70 bits per heavy atom. The molecule has 0 radical (unpaired) electrons. The summed E-state index contributed by atoms with van der Waals surface area (Å²) < 4.78 is 61.0. The molecule has 2 fully saturated rings. The van der Waals surface area contributed by atoms with E-state index in [4.69, 9.17) is 18.9 Å². The fraction of sp³-hybridized carbons (Fsp3) is 0.667. The molecule has 0 amide bonds. The van der Waals surface area contributed by atoms with E-state index < -0.39 is 37.7 Å². The Balaban J connectivity index is 1.64. The number of aliphatic carboxylic acids is 1. The summed E-state index contributed by atoms with van der Waals surface area (Å²) in [4.78, 5) is 17.9. The SMILES string of the molecule is CC(C)c1nc2c(c3c1[C@@H](c1ccc(C(F)(F)F)cc1)OC31CCOCC1)[C@@H](O[Si](C)(C)C(C)(C)C)CC1(CCC1)[C@@H]2CC(=O)O. The monoisotopic (exact) mass is 659 g/mol. The molecule has 1 aromatic heterocycles. The second-order valence-electron chi connectivity index (χ2n) is 15.9. The van der Waals surface area contributed by atoms with Crippen LogP contribution in [0.15, 0.2) is 24.3 Å². The highest BCUT2D eigenvalue weighted by atomic mass is 28.4. The number of halogens is 3. The molecule has 2 aromatic rings. The highest BCUT2D eigenvalue weighted by Crippen LogP contribution is 2.66. The zero-order valence-electron chi connectivity index (χ0n) is 28.1. The van der Waals surface area contributed by atoms with Gasteiger partial charge in [-0.1, -0.05) is 53.2 Å². The molecule has 2 aliphatic heterocycles. The van der Waals surface area contributed by atoms with Crippen molar-refractivity contribution in [2.24, 2.45) is 5.41 Å². The molecule has 0 unspecified atom stereocenters. The van der Waals surface area contributed by atoms with Crippen molar-refractivity contribution in [1.82, 2.24) is 4.98 Å². The van der Waals surface area contributed by atoms with E-state index in [0.717, 1.165) is 65.9 Å². The van der Waals surface area contributed by atoms with E-state index >= 15 is 0 Å². The predicted octanol–water partition coefficient (Wildman–Crippen LogP) is 9.54. The molecule has 4 aliphatic rings. The molecule has 2 spiro atoms. The molecule has 3 atom stereocenters. The number of ether oxygens (including phenoxy) is 2. The summed E-state index contributed by atoms with van der Waals surface area (Å²) in [5, 5.41) is 10.2. The standard InChI is InChI=1S/C36H48F3NO5Si/c1-21(2)30-28-29(35(15-17-43-18-16-35)44-32(28)22-9-11-23(12-10-22)36(37,38)39)27-25(45-46(6,7)33(3,4)5)20-34(13-8-14-34)24(19-26(41)42)31(27)40-30/h9-12,21,24-25,32H,8,13-20H2,1-7H3,(H,41,42)/t24-,25+,32-/m1/s1. The van der Waals surface area contributed by atoms with Crippen LogP contribution in [-0.4, -0.2) is 37.6 Å². The smallest absolute Gasteiger partial charge is 0.416 e. The summed E-state index contributed by atoms with van der Waals surface area (Å²) in [6.07, 6.45) is -0.471. The molecule has 1 saturated carbocycles. The van der Waals surface area contributed by atoms with E-state index in [2.05, 4.69) is 47.7 Å². The molecule has 10 heteroatoms. The van der Waals surface area contributed by atoms with Gasteiger partial charge in [-0.05, 0) is 72.0 Å². The third-order valence-corrected chi connectivity index (χ3v) is 16.2. The minimum absolute atomic E-state index is 0.00242. The maximum absolute atomic E-state index is 13.6. The number of alkyl halides is 3. The number of pyridine rings is 1. The van der Waals surface area contributed by atoms with Crippen LogP contribution in [0.3, 0.4) is 0 Å². The first-order valence-electron chi connectivity index (χ1n) is 16.8. The van der Waals surface area contributed by atoms with E-state index in [1.807, 2.05) is 0 Å². The van der Waals surface area contributed by atoms with Crippen LogP contribution in [0.2, 0.25) is 18.1 Å². The number of nitrogens with zero attached hydrogens (tertiary/aromatic N) is 1. The Labute approximate surface area is 271 Å². The molecule has 46 heavy (non-hydrogen) atoms. The first-order chi connectivity index (χ1) is 21.4. The summed E-state index contributed by atoms with van der Waals surface area (Å²) in [6, 6.07) is 5.31. The van der Waals surface area contributed by atoms with Gasteiger partial charge in [0.25, 0.3) is 0 Å². The zero-order chi connectivity index (χ0) is 33.4. The number of hydrogen-bond donors (Lipinski definition) is 1. The minimum atomic E-state index is -4.44. The second-order valence-corrected chi connectivity index (χ2v) is 20.7. The quantitative estimate of drug-likeness (QED) is 0.311. The van der Waals surface area contributed by atoms with Gasteiger partial charge in [0, 0.05) is 48.8 Å². The zero-order valence-corrected chi connectivity index (χ0v) is 29.1. The largest absolute Gasteiger partial charge is 0.481 e. The van der Waals surface area contributed by atoms with Crippen LogP contribution in [0.25, 0.3) is 0 Å². The first-order valence-corrected chi connectivity index (χ1v) is 19.7. The van der Waals surface area contributed by atoms with E-state index in [1.54, 1.807) is 0 Å².